The SMILES string of the molecule is CC(=O)c1csc(C(=O)N(C)CC2(O)CCCC2)c1. The van der Waals surface area contributed by atoms with Crippen LogP contribution in [0, 0.1) is 0 Å². The molecule has 4 nitrogen and oxygen atoms in total. The van der Waals surface area contributed by atoms with E-state index >= 15 is 0 Å². The number of likely N-dealkylation sites (N-methyl/N-ethyl adjacent to an activating group) is 1. The summed E-state index contributed by atoms with van der Waals surface area (Å²) in [6.07, 6.45) is 3.56. The van der Waals surface area contributed by atoms with Crippen LogP contribution in [0.1, 0.15) is 52.6 Å². The second kappa shape index (κ2) is 5.43. The van der Waals surface area contributed by atoms with E-state index in [1.165, 1.54) is 18.3 Å². The third kappa shape index (κ3) is 3.22. The molecule has 1 aromatic rings. The van der Waals surface area contributed by atoms with Gasteiger partial charge < -0.3 is 10.0 Å². The first-order valence-electron chi connectivity index (χ1n) is 6.49. The molecule has 1 N–H and O–H groups in total. The van der Waals surface area contributed by atoms with Crippen molar-refractivity contribution in [3.8, 4) is 0 Å². The molecule has 1 fully saturated rings. The number of Topliss-reactive ketones (excluding diaryl/α,β-unsaturated/α-hetero) is 1. The van der Waals surface area contributed by atoms with Crippen molar-refractivity contribution in [2.24, 2.45) is 0 Å². The number of carbonyl (C=O) groups excluding carboxylic acids is 2. The first kappa shape index (κ1) is 14.2. The lowest BCUT2D eigenvalue weighted by Gasteiger charge is -2.28. The minimum atomic E-state index is -0.731. The molecule has 1 saturated carbocycles. The van der Waals surface area contributed by atoms with Crippen LogP contribution in [-0.4, -0.2) is 40.9 Å². The molecule has 0 saturated heterocycles. The van der Waals surface area contributed by atoms with Crippen molar-refractivity contribution in [2.45, 2.75) is 38.2 Å². The van der Waals surface area contributed by atoms with E-state index in [2.05, 4.69) is 0 Å². The van der Waals surface area contributed by atoms with Crippen LogP contribution in [0.3, 0.4) is 0 Å². The Hall–Kier alpha value is -1.20. The molecule has 0 bridgehead atoms. The van der Waals surface area contributed by atoms with Gasteiger partial charge in [-0.2, -0.15) is 0 Å². The number of nitrogens with zero attached hydrogens (tertiary/aromatic N) is 1. The Bertz CT molecular complexity index is 489. The van der Waals surface area contributed by atoms with Crippen LogP contribution < -0.4 is 0 Å². The Labute approximate surface area is 117 Å². The lowest BCUT2D eigenvalue weighted by molar-refractivity contribution is 0.0158. The number of rotatable bonds is 4. The summed E-state index contributed by atoms with van der Waals surface area (Å²) in [7, 11) is 1.70. The highest BCUT2D eigenvalue weighted by Gasteiger charge is 2.33. The van der Waals surface area contributed by atoms with Gasteiger partial charge in [0.15, 0.2) is 5.78 Å². The van der Waals surface area contributed by atoms with E-state index < -0.39 is 5.60 Å². The van der Waals surface area contributed by atoms with Gasteiger partial charge in [0, 0.05) is 24.5 Å². The molecule has 1 heterocycles. The van der Waals surface area contributed by atoms with Crippen molar-refractivity contribution in [1.82, 2.24) is 4.90 Å². The molecular weight excluding hydrogens is 262 g/mol. The number of aliphatic hydroxyl groups is 1. The van der Waals surface area contributed by atoms with Gasteiger partial charge in [0.25, 0.3) is 5.91 Å². The second-order valence-corrected chi connectivity index (χ2v) is 6.26. The summed E-state index contributed by atoms with van der Waals surface area (Å²) in [4.78, 5) is 25.6. The van der Waals surface area contributed by atoms with E-state index in [1.54, 1.807) is 23.4 Å². The summed E-state index contributed by atoms with van der Waals surface area (Å²) in [5.41, 5.74) is -0.160. The Morgan fingerprint density at radius 2 is 2.05 bits per heavy atom. The van der Waals surface area contributed by atoms with Crippen molar-refractivity contribution < 1.29 is 14.7 Å². The van der Waals surface area contributed by atoms with Gasteiger partial charge in [-0.05, 0) is 25.8 Å². The van der Waals surface area contributed by atoms with Crippen LogP contribution in [0.15, 0.2) is 11.4 Å². The van der Waals surface area contributed by atoms with Crippen molar-refractivity contribution in [3.05, 3.63) is 21.9 Å². The fourth-order valence-electron chi connectivity index (χ4n) is 2.53. The molecule has 104 valence electrons. The molecule has 0 radical (unpaired) electrons. The van der Waals surface area contributed by atoms with Gasteiger partial charge in [-0.1, -0.05) is 12.8 Å². The van der Waals surface area contributed by atoms with Gasteiger partial charge in [-0.3, -0.25) is 9.59 Å². The highest BCUT2D eigenvalue weighted by Crippen LogP contribution is 2.30. The molecule has 19 heavy (non-hydrogen) atoms. The largest absolute Gasteiger partial charge is 0.388 e. The topological polar surface area (TPSA) is 57.6 Å². The van der Waals surface area contributed by atoms with Crippen molar-refractivity contribution in [1.29, 1.82) is 0 Å². The maximum absolute atomic E-state index is 12.2. The maximum Gasteiger partial charge on any atom is 0.263 e. The van der Waals surface area contributed by atoms with Crippen molar-refractivity contribution in [2.75, 3.05) is 13.6 Å². The van der Waals surface area contributed by atoms with Gasteiger partial charge in [0.1, 0.15) is 0 Å². The predicted molar refractivity (Wildman–Crippen MR) is 74.7 cm³/mol. The molecule has 2 rings (SSSR count). The molecular formula is C14H19NO3S. The van der Waals surface area contributed by atoms with E-state index in [0.717, 1.165) is 25.7 Å². The van der Waals surface area contributed by atoms with Crippen molar-refractivity contribution >= 4 is 23.0 Å². The summed E-state index contributed by atoms with van der Waals surface area (Å²) in [5.74, 6) is -0.162. The zero-order chi connectivity index (χ0) is 14.0. The van der Waals surface area contributed by atoms with Gasteiger partial charge >= 0.3 is 0 Å². The first-order valence-corrected chi connectivity index (χ1v) is 7.37. The van der Waals surface area contributed by atoms with Gasteiger partial charge in [-0.25, -0.2) is 0 Å². The summed E-state index contributed by atoms with van der Waals surface area (Å²) in [5, 5.41) is 12.0. The molecule has 0 aromatic carbocycles. The molecule has 0 atom stereocenters. The van der Waals surface area contributed by atoms with E-state index in [4.69, 9.17) is 0 Å². The molecule has 1 amide bonds. The normalized spacial score (nSPS) is 17.4. The number of carbonyl (C=O) groups is 2. The Morgan fingerprint density at radius 3 is 2.58 bits per heavy atom. The Morgan fingerprint density at radius 1 is 1.42 bits per heavy atom. The quantitative estimate of drug-likeness (QED) is 0.862. The fraction of sp³-hybridized carbons (Fsp3) is 0.571. The number of amides is 1. The molecule has 0 spiro atoms. The van der Waals surface area contributed by atoms with E-state index in [1.807, 2.05) is 0 Å². The van der Waals surface area contributed by atoms with Crippen LogP contribution in [0.5, 0.6) is 0 Å². The number of ketones is 1. The molecule has 0 aliphatic heterocycles. The minimum Gasteiger partial charge on any atom is -0.388 e. The monoisotopic (exact) mass is 281 g/mol. The summed E-state index contributed by atoms with van der Waals surface area (Å²) >= 11 is 1.28. The van der Waals surface area contributed by atoms with E-state index in [9.17, 15) is 14.7 Å². The predicted octanol–water partition coefficient (Wildman–Crippen LogP) is 2.33. The third-order valence-electron chi connectivity index (χ3n) is 3.63. The summed E-state index contributed by atoms with van der Waals surface area (Å²) in [6.45, 7) is 1.85. The molecule has 1 aliphatic rings. The summed E-state index contributed by atoms with van der Waals surface area (Å²) in [6, 6.07) is 1.63. The first-order chi connectivity index (χ1) is 8.91. The van der Waals surface area contributed by atoms with Crippen LogP contribution in [0.4, 0.5) is 0 Å². The van der Waals surface area contributed by atoms with Crippen molar-refractivity contribution in [3.63, 3.8) is 0 Å². The van der Waals surface area contributed by atoms with E-state index in [-0.39, 0.29) is 11.7 Å². The summed E-state index contributed by atoms with van der Waals surface area (Å²) < 4.78 is 0. The number of hydrogen-bond donors (Lipinski definition) is 1. The van der Waals surface area contributed by atoms with Gasteiger partial charge in [0.2, 0.25) is 0 Å². The van der Waals surface area contributed by atoms with Gasteiger partial charge in [-0.15, -0.1) is 11.3 Å². The average molecular weight is 281 g/mol. The Kier molecular flexibility index (Phi) is 4.06. The second-order valence-electron chi connectivity index (χ2n) is 5.35. The minimum absolute atomic E-state index is 0.0348. The smallest absolute Gasteiger partial charge is 0.263 e. The maximum atomic E-state index is 12.2. The lowest BCUT2D eigenvalue weighted by atomic mass is 10.0. The van der Waals surface area contributed by atoms with Crippen LogP contribution in [0.2, 0.25) is 0 Å². The highest BCUT2D eigenvalue weighted by molar-refractivity contribution is 7.12. The van der Waals surface area contributed by atoms with Gasteiger partial charge in [0.05, 0.1) is 10.5 Å². The fourth-order valence-corrected chi connectivity index (χ4v) is 3.47. The van der Waals surface area contributed by atoms with Crippen LogP contribution in [-0.2, 0) is 0 Å². The highest BCUT2D eigenvalue weighted by atomic mass is 32.1. The molecule has 0 unspecified atom stereocenters. The number of hydrogen-bond acceptors (Lipinski definition) is 4. The average Bonchev–Trinajstić information content (AvgIpc) is 2.97. The van der Waals surface area contributed by atoms with Crippen LogP contribution >= 0.6 is 11.3 Å². The molecule has 1 aliphatic carbocycles. The molecule has 5 heteroatoms. The van der Waals surface area contributed by atoms with E-state index in [0.29, 0.717) is 17.0 Å². The van der Waals surface area contributed by atoms with Crippen LogP contribution in [0.25, 0.3) is 0 Å². The zero-order valence-electron chi connectivity index (χ0n) is 11.3. The lowest BCUT2D eigenvalue weighted by Crippen LogP contribution is -2.41. The zero-order valence-corrected chi connectivity index (χ0v) is 12.1. The molecule has 1 aromatic heterocycles. The Balaban J connectivity index is 2.03. The number of thiophene rings is 1. The third-order valence-corrected chi connectivity index (χ3v) is 4.55. The standard InChI is InChI=1S/C14H19NO3S/c1-10(16)11-7-12(19-8-11)13(17)15(2)9-14(18)5-3-4-6-14/h7-8,18H,3-6,9H2,1-2H3.